The van der Waals surface area contributed by atoms with Crippen LogP contribution in [0.25, 0.3) is 0 Å². The van der Waals surface area contributed by atoms with Crippen LogP contribution in [0.15, 0.2) is 84.9 Å². The predicted octanol–water partition coefficient (Wildman–Crippen LogP) is 4.40. The summed E-state index contributed by atoms with van der Waals surface area (Å²) in [6.45, 7) is 3.32. The van der Waals surface area contributed by atoms with E-state index in [2.05, 4.69) is 12.1 Å². The standard InChI is InChI=1S/C9H10O2.C8H11N.C8H8O2/c1-2-11-9-5-3-8(7-10)4-6-9;9-7-6-8-4-2-1-3-5-8;9-8(10)6-7-4-2-1-3-5-7/h3-7H,2H2,1H3;1-5H,6-7,9H2;1-5H,6H2,(H,9,10). The number of ether oxygens (including phenoxy) is 1. The van der Waals surface area contributed by atoms with Gasteiger partial charge in [-0.2, -0.15) is 0 Å². The second-order valence-electron chi connectivity index (χ2n) is 6.20. The zero-order valence-corrected chi connectivity index (χ0v) is 17.2. The molecule has 0 aromatic heterocycles. The molecule has 3 aromatic rings. The van der Waals surface area contributed by atoms with Crippen molar-refractivity contribution in [1.29, 1.82) is 0 Å². The third kappa shape index (κ3) is 11.4. The van der Waals surface area contributed by atoms with E-state index in [0.717, 1.165) is 30.6 Å². The smallest absolute Gasteiger partial charge is 0.307 e. The Morgan fingerprint density at radius 2 is 1.43 bits per heavy atom. The van der Waals surface area contributed by atoms with Crippen LogP contribution in [0.4, 0.5) is 0 Å². The Labute approximate surface area is 178 Å². The lowest BCUT2D eigenvalue weighted by molar-refractivity contribution is -0.136. The highest BCUT2D eigenvalue weighted by molar-refractivity contribution is 5.74. The normalized spacial score (nSPS) is 9.27. The number of carboxylic acids is 1. The van der Waals surface area contributed by atoms with E-state index in [9.17, 15) is 9.59 Å². The molecule has 5 heteroatoms. The van der Waals surface area contributed by atoms with Crippen LogP contribution in [0, 0.1) is 0 Å². The summed E-state index contributed by atoms with van der Waals surface area (Å²) < 4.78 is 5.19. The van der Waals surface area contributed by atoms with E-state index < -0.39 is 5.97 Å². The molecule has 0 unspecified atom stereocenters. The SMILES string of the molecule is CCOc1ccc(C=O)cc1.NCCc1ccccc1.O=C(O)Cc1ccccc1. The third-order valence-electron chi connectivity index (χ3n) is 3.80. The van der Waals surface area contributed by atoms with Crippen LogP contribution < -0.4 is 10.5 Å². The van der Waals surface area contributed by atoms with Crippen molar-refractivity contribution >= 4 is 12.3 Å². The number of carbonyl (C=O) groups excluding carboxylic acids is 1. The molecule has 0 aliphatic rings. The number of carbonyl (C=O) groups is 2. The van der Waals surface area contributed by atoms with Gasteiger partial charge in [-0.05, 0) is 55.3 Å². The van der Waals surface area contributed by atoms with Crippen LogP contribution in [0.1, 0.15) is 28.4 Å². The van der Waals surface area contributed by atoms with Crippen LogP contribution in [0.3, 0.4) is 0 Å². The highest BCUT2D eigenvalue weighted by atomic mass is 16.5. The van der Waals surface area contributed by atoms with Gasteiger partial charge in [-0.3, -0.25) is 9.59 Å². The molecule has 0 bridgehead atoms. The molecule has 0 saturated heterocycles. The van der Waals surface area contributed by atoms with Crippen LogP contribution in [-0.2, 0) is 17.6 Å². The summed E-state index contributed by atoms with van der Waals surface area (Å²) in [5, 5.41) is 8.37. The van der Waals surface area contributed by atoms with E-state index in [1.807, 2.05) is 43.3 Å². The first-order valence-corrected chi connectivity index (χ1v) is 9.76. The zero-order chi connectivity index (χ0) is 22.0. The van der Waals surface area contributed by atoms with Crippen molar-refractivity contribution in [3.8, 4) is 5.75 Å². The summed E-state index contributed by atoms with van der Waals surface area (Å²) in [6, 6.07) is 26.4. The molecular formula is C25H29NO4. The van der Waals surface area contributed by atoms with Crippen molar-refractivity contribution in [2.45, 2.75) is 19.8 Å². The van der Waals surface area contributed by atoms with E-state index >= 15 is 0 Å². The van der Waals surface area contributed by atoms with E-state index in [1.54, 1.807) is 36.4 Å². The average molecular weight is 408 g/mol. The number of hydrogen-bond acceptors (Lipinski definition) is 4. The van der Waals surface area contributed by atoms with Crippen LogP contribution >= 0.6 is 0 Å². The Morgan fingerprint density at radius 1 is 0.900 bits per heavy atom. The van der Waals surface area contributed by atoms with Gasteiger partial charge in [-0.15, -0.1) is 0 Å². The lowest BCUT2D eigenvalue weighted by Gasteiger charge is -2.00. The van der Waals surface area contributed by atoms with E-state index in [1.165, 1.54) is 5.56 Å². The monoisotopic (exact) mass is 407 g/mol. The number of benzene rings is 3. The number of nitrogens with two attached hydrogens (primary N) is 1. The second-order valence-corrected chi connectivity index (χ2v) is 6.20. The van der Waals surface area contributed by atoms with Crippen LogP contribution in [0.2, 0.25) is 0 Å². The first-order chi connectivity index (χ1) is 14.6. The molecule has 0 saturated carbocycles. The van der Waals surface area contributed by atoms with Gasteiger partial charge in [0.1, 0.15) is 12.0 Å². The first-order valence-electron chi connectivity index (χ1n) is 9.76. The minimum atomic E-state index is -0.786. The Balaban J connectivity index is 0.000000226. The molecule has 0 spiro atoms. The predicted molar refractivity (Wildman–Crippen MR) is 120 cm³/mol. The van der Waals surface area contributed by atoms with Crippen LogP contribution in [0.5, 0.6) is 5.75 Å². The highest BCUT2D eigenvalue weighted by Gasteiger charge is 1.96. The molecule has 5 nitrogen and oxygen atoms in total. The molecule has 0 amide bonds. The number of rotatable bonds is 7. The van der Waals surface area contributed by atoms with Crippen molar-refractivity contribution in [1.82, 2.24) is 0 Å². The van der Waals surface area contributed by atoms with Gasteiger partial charge < -0.3 is 15.6 Å². The topological polar surface area (TPSA) is 89.6 Å². The van der Waals surface area contributed by atoms with Gasteiger partial charge in [-0.1, -0.05) is 60.7 Å². The maximum atomic E-state index is 10.2. The van der Waals surface area contributed by atoms with Gasteiger partial charge in [0.2, 0.25) is 0 Å². The Bertz CT molecular complexity index is 834. The molecule has 3 rings (SSSR count). The molecule has 158 valence electrons. The molecule has 0 aliphatic heterocycles. The minimum absolute atomic E-state index is 0.112. The maximum Gasteiger partial charge on any atom is 0.307 e. The lowest BCUT2D eigenvalue weighted by atomic mass is 10.2. The quantitative estimate of drug-likeness (QED) is 0.567. The number of aldehydes is 1. The molecule has 3 N–H and O–H groups in total. The van der Waals surface area contributed by atoms with Crippen molar-refractivity contribution in [3.63, 3.8) is 0 Å². The summed E-state index contributed by atoms with van der Waals surface area (Å²) in [4.78, 5) is 20.4. The molecule has 30 heavy (non-hydrogen) atoms. The number of hydrogen-bond donors (Lipinski definition) is 2. The molecule has 0 aliphatic carbocycles. The number of carboxylic acid groups (broad SMARTS) is 1. The summed E-state index contributed by atoms with van der Waals surface area (Å²) in [7, 11) is 0. The molecule has 0 heterocycles. The lowest BCUT2D eigenvalue weighted by Crippen LogP contribution is -2.01. The van der Waals surface area contributed by atoms with Gasteiger partial charge in [0.05, 0.1) is 13.0 Å². The zero-order valence-electron chi connectivity index (χ0n) is 17.2. The van der Waals surface area contributed by atoms with Gasteiger partial charge in [0, 0.05) is 5.56 Å². The highest BCUT2D eigenvalue weighted by Crippen LogP contribution is 2.10. The fourth-order valence-electron chi connectivity index (χ4n) is 2.39. The van der Waals surface area contributed by atoms with E-state index in [0.29, 0.717) is 12.2 Å². The molecule has 0 fully saturated rings. The van der Waals surface area contributed by atoms with Gasteiger partial charge in [0.15, 0.2) is 0 Å². The Hall–Kier alpha value is -3.44. The largest absolute Gasteiger partial charge is 0.494 e. The van der Waals surface area contributed by atoms with Gasteiger partial charge in [-0.25, -0.2) is 0 Å². The fourth-order valence-corrected chi connectivity index (χ4v) is 2.39. The summed E-state index contributed by atoms with van der Waals surface area (Å²) in [5.41, 5.74) is 8.20. The molecule has 3 aromatic carbocycles. The van der Waals surface area contributed by atoms with Crippen LogP contribution in [-0.4, -0.2) is 30.5 Å². The summed E-state index contributed by atoms with van der Waals surface area (Å²) in [5.74, 6) is 0.0179. The molecule has 0 radical (unpaired) electrons. The van der Waals surface area contributed by atoms with Crippen molar-refractivity contribution in [2.75, 3.05) is 13.2 Å². The Morgan fingerprint density at radius 3 is 1.87 bits per heavy atom. The van der Waals surface area contributed by atoms with Gasteiger partial charge in [0.25, 0.3) is 0 Å². The Kier molecular flexibility index (Phi) is 12.7. The summed E-state index contributed by atoms with van der Waals surface area (Å²) >= 11 is 0. The molecule has 0 atom stereocenters. The second kappa shape index (κ2) is 15.5. The third-order valence-corrected chi connectivity index (χ3v) is 3.80. The summed E-state index contributed by atoms with van der Waals surface area (Å²) in [6.07, 6.45) is 1.91. The van der Waals surface area contributed by atoms with Crippen molar-refractivity contribution < 1.29 is 19.4 Å². The molecular weight excluding hydrogens is 378 g/mol. The maximum absolute atomic E-state index is 10.2. The van der Waals surface area contributed by atoms with Crippen molar-refractivity contribution in [2.24, 2.45) is 5.73 Å². The van der Waals surface area contributed by atoms with Crippen molar-refractivity contribution in [3.05, 3.63) is 102 Å². The van der Waals surface area contributed by atoms with E-state index in [4.69, 9.17) is 15.6 Å². The minimum Gasteiger partial charge on any atom is -0.494 e. The van der Waals surface area contributed by atoms with E-state index in [-0.39, 0.29) is 6.42 Å². The average Bonchev–Trinajstić information content (AvgIpc) is 2.77. The first kappa shape index (κ1) is 24.6. The number of aliphatic carboxylic acids is 1. The van der Waals surface area contributed by atoms with Gasteiger partial charge >= 0.3 is 5.97 Å². The fraction of sp³-hybridized carbons (Fsp3) is 0.200.